The third kappa shape index (κ3) is 998. The Balaban J connectivity index is -0.00000000393. The van der Waals surface area contributed by atoms with Crippen molar-refractivity contribution in [2.75, 3.05) is 67.1 Å². The summed E-state index contributed by atoms with van der Waals surface area (Å²) in [5.41, 5.74) is 37.2. The SMILES string of the molecule is C.C.C.C.C.C.C.CC.CCN[C-]=O.CO.CO.CO.C[C-]=O.O=[C-]O.[CH-]=O.[CH2-]O.[CH3-].[CH3-].[CH3-].[CH3-].[CH3-].[CH3-].[CH3-].[CH3-].[CH3-].[CH3-].[CH3-].[CH3-].[K+].[K+].[K+].[K+].[K+].[K+].[K+].[NH-]C(=O)CN[C-]=O.[NH-]C(=O)CN[C-]=O.[NH-]C(=O)CN[C-]=O.[NH-]C(=O)CN[C-]=O.[NH-]C(=O)CN[C-]=O.[NH-]C(=O)CN[C-]=O.[NH2-].[NH2-].[W].[W].[W].[W].[W].[W].[W].[Y].[Y].[Y].[Y].[Y].[Y].[Y].[Y].[Y].[Y].[Y].[Y]. The number of rotatable bonds is 20. The summed E-state index contributed by atoms with van der Waals surface area (Å²) in [6.07, 6.45) is 10.6. The van der Waals surface area contributed by atoms with Crippen molar-refractivity contribution in [2.24, 2.45) is 0 Å². The molecule has 0 aliphatic heterocycles. The third-order valence-corrected chi connectivity index (χ3v) is 2.18. The molecular formula is C50H124K7N15O21W7Y12-24. The molecule has 12 radical (unpaired) electrons. The van der Waals surface area contributed by atoms with E-state index < -0.39 is 35.4 Å². The average Bonchev–Trinajstić information content (AvgIpc) is 3.30. The van der Waals surface area contributed by atoms with Crippen LogP contribution >= 0.6 is 0 Å². The molecule has 22 N–H and O–H groups in total. The Bertz CT molecular complexity index is 1010. The quantitative estimate of drug-likeness (QED) is 0.0233. The number of hydrogen-bond acceptors (Lipinski definition) is 20. The van der Waals surface area contributed by atoms with Crippen molar-refractivity contribution in [3.63, 3.8) is 0 Å². The van der Waals surface area contributed by atoms with Crippen LogP contribution in [0, 0.1) is 96.2 Å². The van der Waals surface area contributed by atoms with Gasteiger partial charge in [-0.15, -0.1) is 0 Å². The van der Waals surface area contributed by atoms with E-state index in [2.05, 4.69) is 19.2 Å². The number of amides is 13. The van der Waals surface area contributed by atoms with Gasteiger partial charge in [-0.05, 0) is 6.54 Å². The molecule has 634 valence electrons. The fraction of sp³-hybridized carbons (Fsp3) is 0.420. The van der Waals surface area contributed by atoms with Gasteiger partial charge in [0.1, 0.15) is 0 Å². The minimum absolute atomic E-state index is 0. The number of aliphatic hydroxyl groups excluding tert-OH is 5. The van der Waals surface area contributed by atoms with Crippen LogP contribution in [0.25, 0.3) is 46.7 Å². The maximum Gasteiger partial charge on any atom is 1.00 e. The summed E-state index contributed by atoms with van der Waals surface area (Å²) in [5.74, 6) is -4.90. The largest absolute Gasteiger partial charge is 1.00 e. The number of carbonyl (C=O) groups excluding carboxylic acids is 15. The van der Waals surface area contributed by atoms with Crippen LogP contribution in [0.1, 0.15) is 79.7 Å². The average molecular weight is 3900 g/mol. The normalized spacial score (nSPS) is 3.61. The van der Waals surface area contributed by atoms with Crippen molar-refractivity contribution in [1.82, 2.24) is 37.2 Å². The van der Waals surface area contributed by atoms with E-state index in [-0.39, 0.29) is 1090 Å². The molecule has 112 heavy (non-hydrogen) atoms. The molecular weight excluding hydrogens is 3770 g/mol. The fourth-order valence-corrected chi connectivity index (χ4v) is 0.770. The molecule has 0 saturated carbocycles. The second kappa shape index (κ2) is 588. The summed E-state index contributed by atoms with van der Waals surface area (Å²) >= 11 is 0. The first-order valence-corrected chi connectivity index (χ1v) is 15.2. The number of carbonyl (C=O) groups is 6. The minimum atomic E-state index is -0.816. The van der Waals surface area contributed by atoms with Gasteiger partial charge in [0, 0.05) is 601 Å². The van der Waals surface area contributed by atoms with E-state index in [9.17, 15) is 57.5 Å². The molecule has 62 heteroatoms. The Morgan fingerprint density at radius 2 is 0.348 bits per heavy atom. The molecule has 0 spiro atoms. The monoisotopic (exact) mass is 3900 g/mol. The summed E-state index contributed by atoms with van der Waals surface area (Å²) in [4.78, 5) is 147. The van der Waals surface area contributed by atoms with E-state index >= 15 is 0 Å². The van der Waals surface area contributed by atoms with E-state index in [1.165, 1.54) is 58.1 Å². The van der Waals surface area contributed by atoms with Crippen molar-refractivity contribution in [1.29, 1.82) is 0 Å². The van der Waals surface area contributed by atoms with E-state index in [4.69, 9.17) is 79.1 Å². The summed E-state index contributed by atoms with van der Waals surface area (Å²) < 4.78 is 0. The van der Waals surface area contributed by atoms with Crippen LogP contribution in [0.2, 0.25) is 0 Å². The minimum Gasteiger partial charge on any atom is -0.693 e. The van der Waals surface area contributed by atoms with Gasteiger partial charge in [-0.3, -0.25) is 13.1 Å². The molecule has 0 bridgehead atoms. The first-order chi connectivity index (χ1) is 30.9. The third-order valence-electron chi connectivity index (χ3n) is 2.18. The molecule has 0 aromatic heterocycles. The zero-order chi connectivity index (χ0) is 55.7. The van der Waals surface area contributed by atoms with Gasteiger partial charge in [0.25, 0.3) is 0 Å². The van der Waals surface area contributed by atoms with Crippen molar-refractivity contribution < 1.29 is 1000 Å². The van der Waals surface area contributed by atoms with Crippen LogP contribution in [0.15, 0.2) is 0 Å². The van der Waals surface area contributed by atoms with Crippen LogP contribution in [-0.2, 0) is 617 Å². The maximum absolute atomic E-state index is 9.63. The van der Waals surface area contributed by atoms with Crippen molar-refractivity contribution >= 4 is 99.9 Å². The van der Waals surface area contributed by atoms with Crippen molar-refractivity contribution in [3.8, 4) is 0 Å². The molecule has 0 unspecified atom stereocenters. The molecule has 0 heterocycles. The van der Waals surface area contributed by atoms with Gasteiger partial charge >= 0.3 is 360 Å². The molecule has 0 aromatic carbocycles. The summed E-state index contributed by atoms with van der Waals surface area (Å²) in [6, 6.07) is 0. The van der Waals surface area contributed by atoms with Gasteiger partial charge < -0.3 is 275 Å². The summed E-state index contributed by atoms with van der Waals surface area (Å²) in [6.45, 7) is 10.1. The van der Waals surface area contributed by atoms with Gasteiger partial charge in [0.15, 0.2) is 0 Å². The standard InChI is InChI=1S/6C3H5N2O2.C3H6NO.C2H3O.C2H6.CHO2.3CH4O.CH3O.CHO.7CH4.12CH3.7K.2H2N.7W.12Y/c6*4-3(7)1-5-2-6;1-2-4-3-5;1-2-3;1-2;2-1-3;5*1-2;;;;;;;;;;;;;;;;;;;;;;;;;;;;;;;;;;;;;;;;;;;;;;;/h6*1H2,(H3,4,5,6,7);2H2,1H3,(H,4,5);1H3;1-2H3;(H,2,3);3*2H,1H3;2H,1H2;1H;7*1H4;12*1H3;;;;;;;;2*1H2;;;;;;;;;;;;;;;;;;;/q8*-1;;-1;;;;2*-1;;;;;;;;12*-1;7*+1;2*-1;;;;;;;;;;;;;;;;;;;/p-6. The Kier molecular flexibility index (Phi) is 2410. The zero-order valence-corrected chi connectivity index (χ0v) is 142. The maximum atomic E-state index is 9.63. The number of aliphatic hydroxyl groups is 4. The fourth-order valence-electron chi connectivity index (χ4n) is 0.770. The van der Waals surface area contributed by atoms with E-state index in [0.29, 0.717) is 13.0 Å². The van der Waals surface area contributed by atoms with E-state index in [1.807, 2.05) is 52.7 Å². The summed E-state index contributed by atoms with van der Waals surface area (Å²) in [5, 5.41) is 48.3. The van der Waals surface area contributed by atoms with Crippen LogP contribution in [-0.4, -0.2) is 193 Å². The van der Waals surface area contributed by atoms with E-state index in [0.717, 1.165) is 21.3 Å². The smallest absolute Gasteiger partial charge is 0.693 e. The Labute approximate surface area is 1390 Å². The van der Waals surface area contributed by atoms with Gasteiger partial charge in [0.2, 0.25) is 0 Å². The van der Waals surface area contributed by atoms with Crippen LogP contribution in [0.5, 0.6) is 0 Å². The second-order valence-corrected chi connectivity index (χ2v) is 6.20. The predicted molar refractivity (Wildman–Crippen MR) is 362 cm³/mol. The Morgan fingerprint density at radius 3 is 0.357 bits per heavy atom. The first-order valence-electron chi connectivity index (χ1n) is 15.2. The predicted octanol–water partition coefficient (Wildman–Crippen LogP) is -15.3. The summed E-state index contributed by atoms with van der Waals surface area (Å²) in [7, 11) is 5.25. The molecule has 0 fully saturated rings. The molecule has 0 aliphatic carbocycles. The number of hydrogen-bond donors (Lipinski definition) is 12. The Morgan fingerprint density at radius 1 is 0.295 bits per heavy atom. The molecule has 0 saturated heterocycles. The van der Waals surface area contributed by atoms with Gasteiger partial charge in [-0.25, -0.2) is 7.11 Å². The molecule has 0 aliphatic rings. The van der Waals surface area contributed by atoms with Crippen LogP contribution in [0.3, 0.4) is 0 Å². The zero-order valence-electron chi connectivity index (χ0n) is 65.9. The van der Waals surface area contributed by atoms with Crippen LogP contribution < -0.4 is 397 Å². The van der Waals surface area contributed by atoms with Crippen LogP contribution in [0.4, 0.5) is 0 Å². The molecule has 0 atom stereocenters. The van der Waals surface area contributed by atoms with Crippen molar-refractivity contribution in [2.45, 2.75) is 79.7 Å². The number of nitrogens with one attached hydrogen (secondary N) is 13. The van der Waals surface area contributed by atoms with Crippen molar-refractivity contribution in [3.05, 3.63) is 143 Å². The van der Waals surface area contributed by atoms with Gasteiger partial charge in [-0.2, -0.15) is 51.8 Å². The molecule has 13 amide bonds. The Hall–Kier alpha value is 21.2. The second-order valence-electron chi connectivity index (χ2n) is 6.20. The molecule has 0 rings (SSSR count). The van der Waals surface area contributed by atoms with E-state index in [1.54, 1.807) is 0 Å². The topological polar surface area (TPSA) is 668 Å². The number of nitrogens with two attached hydrogens (primary N) is 2. The molecule has 0 aromatic rings. The van der Waals surface area contributed by atoms with Gasteiger partial charge in [-0.1, -0.05) is 79.2 Å². The molecule has 36 nitrogen and oxygen atoms in total. The van der Waals surface area contributed by atoms with Gasteiger partial charge in [0.05, 0.1) is 35.4 Å². The first kappa shape index (κ1) is 459.